The number of hydrogen-bond acceptors (Lipinski definition) is 4. The lowest BCUT2D eigenvalue weighted by molar-refractivity contribution is 1.21. The first-order chi connectivity index (χ1) is 11.6. The molecular formula is C17H14ClN5S. The molecule has 0 unspecified atom stereocenters. The van der Waals surface area contributed by atoms with Crippen molar-refractivity contribution in [1.29, 1.82) is 0 Å². The SMILES string of the molecule is NC(N)=N/N=C/c1ccc(-c2ccc(-c3ccc(Cl)cn3)s2)cc1. The second-order valence-corrected chi connectivity index (χ2v) is 6.44. The van der Waals surface area contributed by atoms with Crippen molar-refractivity contribution in [1.82, 2.24) is 4.98 Å². The predicted octanol–water partition coefficient (Wildman–Crippen LogP) is 3.74. The Balaban J connectivity index is 1.79. The van der Waals surface area contributed by atoms with Gasteiger partial charge in [0.25, 0.3) is 0 Å². The molecule has 3 aromatic rings. The zero-order chi connectivity index (χ0) is 16.9. The summed E-state index contributed by atoms with van der Waals surface area (Å²) in [4.78, 5) is 6.60. The van der Waals surface area contributed by atoms with E-state index in [1.807, 2.05) is 36.4 Å². The molecule has 2 heterocycles. The monoisotopic (exact) mass is 355 g/mol. The standard InChI is InChI=1S/C17H14ClN5S/c18-13-5-6-14(21-10-13)16-8-7-15(24-16)12-3-1-11(2-4-12)9-22-23-17(19)20/h1-10H,(H4,19,20,23)/b22-9+. The lowest BCUT2D eigenvalue weighted by atomic mass is 10.1. The van der Waals surface area contributed by atoms with Gasteiger partial charge in [0.1, 0.15) is 0 Å². The van der Waals surface area contributed by atoms with Gasteiger partial charge in [0.05, 0.1) is 21.8 Å². The highest BCUT2D eigenvalue weighted by molar-refractivity contribution is 7.18. The van der Waals surface area contributed by atoms with Crippen molar-refractivity contribution in [2.24, 2.45) is 21.7 Å². The fourth-order valence-electron chi connectivity index (χ4n) is 2.05. The molecule has 0 aliphatic rings. The molecule has 3 rings (SSSR count). The second-order valence-electron chi connectivity index (χ2n) is 4.92. The highest BCUT2D eigenvalue weighted by Crippen LogP contribution is 2.33. The minimum Gasteiger partial charge on any atom is -0.369 e. The summed E-state index contributed by atoms with van der Waals surface area (Å²) >= 11 is 7.56. The molecule has 7 heteroatoms. The second kappa shape index (κ2) is 7.25. The van der Waals surface area contributed by atoms with Crippen molar-refractivity contribution in [2.45, 2.75) is 0 Å². The molecule has 0 aliphatic carbocycles. The molecular weight excluding hydrogens is 342 g/mol. The molecule has 2 aromatic heterocycles. The van der Waals surface area contributed by atoms with E-state index in [1.165, 1.54) is 0 Å². The van der Waals surface area contributed by atoms with Crippen LogP contribution in [0.2, 0.25) is 5.02 Å². The van der Waals surface area contributed by atoms with Crippen molar-refractivity contribution in [3.63, 3.8) is 0 Å². The van der Waals surface area contributed by atoms with Gasteiger partial charge in [-0.2, -0.15) is 5.10 Å². The summed E-state index contributed by atoms with van der Waals surface area (Å²) in [7, 11) is 0. The van der Waals surface area contributed by atoms with Crippen molar-refractivity contribution in [3.8, 4) is 21.0 Å². The molecule has 0 aliphatic heterocycles. The maximum Gasteiger partial charge on any atom is 0.211 e. The van der Waals surface area contributed by atoms with E-state index >= 15 is 0 Å². The van der Waals surface area contributed by atoms with E-state index in [2.05, 4.69) is 27.3 Å². The summed E-state index contributed by atoms with van der Waals surface area (Å²) in [6.45, 7) is 0. The summed E-state index contributed by atoms with van der Waals surface area (Å²) in [6, 6.07) is 15.9. The Bertz CT molecular complexity index is 878. The van der Waals surface area contributed by atoms with Gasteiger partial charge in [-0.3, -0.25) is 4.98 Å². The van der Waals surface area contributed by atoms with E-state index in [-0.39, 0.29) is 5.96 Å². The third-order valence-electron chi connectivity index (χ3n) is 3.16. The molecule has 0 saturated heterocycles. The fraction of sp³-hybridized carbons (Fsp3) is 0. The quantitative estimate of drug-likeness (QED) is 0.424. The van der Waals surface area contributed by atoms with Crippen LogP contribution in [0.3, 0.4) is 0 Å². The third-order valence-corrected chi connectivity index (χ3v) is 4.54. The molecule has 5 nitrogen and oxygen atoms in total. The molecule has 4 N–H and O–H groups in total. The molecule has 1 aromatic carbocycles. The van der Waals surface area contributed by atoms with Crippen molar-refractivity contribution in [2.75, 3.05) is 0 Å². The van der Waals surface area contributed by atoms with Crippen molar-refractivity contribution >= 4 is 35.1 Å². The molecule has 24 heavy (non-hydrogen) atoms. The highest BCUT2D eigenvalue weighted by atomic mass is 35.5. The Labute approximate surface area is 148 Å². The lowest BCUT2D eigenvalue weighted by Gasteiger charge is -1.99. The Kier molecular flexibility index (Phi) is 4.88. The Morgan fingerprint density at radius 2 is 1.75 bits per heavy atom. The number of benzene rings is 1. The summed E-state index contributed by atoms with van der Waals surface area (Å²) in [5.74, 6) is -0.0650. The van der Waals surface area contributed by atoms with Crippen LogP contribution in [0.4, 0.5) is 0 Å². The summed E-state index contributed by atoms with van der Waals surface area (Å²) < 4.78 is 0. The molecule has 0 spiro atoms. The van der Waals surface area contributed by atoms with Crippen molar-refractivity contribution in [3.05, 3.63) is 65.3 Å². The van der Waals surface area contributed by atoms with Crippen LogP contribution in [-0.4, -0.2) is 17.2 Å². The van der Waals surface area contributed by atoms with Gasteiger partial charge in [-0.15, -0.1) is 16.4 Å². The molecule has 0 atom stereocenters. The average Bonchev–Trinajstić information content (AvgIpc) is 3.06. The van der Waals surface area contributed by atoms with Gasteiger partial charge in [0, 0.05) is 11.1 Å². The van der Waals surface area contributed by atoms with Crippen molar-refractivity contribution < 1.29 is 0 Å². The average molecular weight is 356 g/mol. The highest BCUT2D eigenvalue weighted by Gasteiger charge is 2.06. The summed E-state index contributed by atoms with van der Waals surface area (Å²) in [6.07, 6.45) is 3.25. The van der Waals surface area contributed by atoms with E-state index in [0.717, 1.165) is 26.6 Å². The Hall–Kier alpha value is -2.70. The van der Waals surface area contributed by atoms with Gasteiger partial charge in [-0.1, -0.05) is 35.9 Å². The number of pyridine rings is 1. The predicted molar refractivity (Wildman–Crippen MR) is 101 cm³/mol. The maximum atomic E-state index is 5.88. The van der Waals surface area contributed by atoms with Crippen LogP contribution in [0.5, 0.6) is 0 Å². The lowest BCUT2D eigenvalue weighted by Crippen LogP contribution is -2.21. The fourth-order valence-corrected chi connectivity index (χ4v) is 3.15. The normalized spacial score (nSPS) is 10.9. The van der Waals surface area contributed by atoms with Crippen LogP contribution >= 0.6 is 22.9 Å². The van der Waals surface area contributed by atoms with Gasteiger partial charge in [0.15, 0.2) is 0 Å². The molecule has 0 amide bonds. The van der Waals surface area contributed by atoms with Crippen LogP contribution in [-0.2, 0) is 0 Å². The van der Waals surface area contributed by atoms with Gasteiger partial charge in [0.2, 0.25) is 5.96 Å². The number of guanidine groups is 1. The first-order valence-electron chi connectivity index (χ1n) is 7.06. The van der Waals surface area contributed by atoms with E-state index in [0.29, 0.717) is 5.02 Å². The molecule has 0 radical (unpaired) electrons. The zero-order valence-corrected chi connectivity index (χ0v) is 14.1. The van der Waals surface area contributed by atoms with Crippen LogP contribution in [0.25, 0.3) is 21.0 Å². The van der Waals surface area contributed by atoms with Gasteiger partial charge >= 0.3 is 0 Å². The number of nitrogens with zero attached hydrogens (tertiary/aromatic N) is 3. The first-order valence-corrected chi connectivity index (χ1v) is 8.25. The van der Waals surface area contributed by atoms with Crippen LogP contribution < -0.4 is 11.5 Å². The summed E-state index contributed by atoms with van der Waals surface area (Å²) in [5, 5.41) is 7.99. The maximum absolute atomic E-state index is 5.88. The van der Waals surface area contributed by atoms with Crippen LogP contribution in [0.15, 0.2) is 64.9 Å². The number of hydrogen-bond donors (Lipinski definition) is 2. The topological polar surface area (TPSA) is 89.7 Å². The van der Waals surface area contributed by atoms with E-state index in [4.69, 9.17) is 23.1 Å². The smallest absolute Gasteiger partial charge is 0.211 e. The minimum absolute atomic E-state index is 0.0650. The number of nitrogens with two attached hydrogens (primary N) is 2. The van der Waals surface area contributed by atoms with Crippen LogP contribution in [0, 0.1) is 0 Å². The van der Waals surface area contributed by atoms with Gasteiger partial charge in [-0.05, 0) is 35.4 Å². The van der Waals surface area contributed by atoms with Gasteiger partial charge < -0.3 is 11.5 Å². The van der Waals surface area contributed by atoms with E-state index in [9.17, 15) is 0 Å². The number of aromatic nitrogens is 1. The third kappa shape index (κ3) is 3.98. The largest absolute Gasteiger partial charge is 0.369 e. The van der Waals surface area contributed by atoms with E-state index < -0.39 is 0 Å². The Morgan fingerprint density at radius 3 is 2.42 bits per heavy atom. The Morgan fingerprint density at radius 1 is 1.00 bits per heavy atom. The van der Waals surface area contributed by atoms with Crippen LogP contribution in [0.1, 0.15) is 5.56 Å². The van der Waals surface area contributed by atoms with Gasteiger partial charge in [-0.25, -0.2) is 0 Å². The number of thiophene rings is 1. The van der Waals surface area contributed by atoms with E-state index in [1.54, 1.807) is 23.7 Å². The molecule has 120 valence electrons. The molecule has 0 fully saturated rings. The first kappa shape index (κ1) is 16.2. The minimum atomic E-state index is -0.0650. The zero-order valence-electron chi connectivity index (χ0n) is 12.6. The number of rotatable bonds is 4. The molecule has 0 bridgehead atoms. The number of halogens is 1. The molecule has 0 saturated carbocycles. The summed E-state index contributed by atoms with van der Waals surface area (Å²) in [5.41, 5.74) is 13.4.